The van der Waals surface area contributed by atoms with Crippen LogP contribution in [0.15, 0.2) is 12.1 Å². The lowest BCUT2D eigenvalue weighted by atomic mass is 9.94. The number of ether oxygens (including phenoxy) is 1. The van der Waals surface area contributed by atoms with Gasteiger partial charge < -0.3 is 15.4 Å². The number of benzene rings is 1. The van der Waals surface area contributed by atoms with Gasteiger partial charge in [-0.05, 0) is 36.9 Å². The molecule has 1 aliphatic heterocycles. The number of hydrogen-bond donors (Lipinski definition) is 1. The number of methoxy groups -OCH3 is 1. The molecule has 1 aromatic rings. The Labute approximate surface area is 104 Å². The number of hydrogen-bond acceptors (Lipinski definition) is 3. The van der Waals surface area contributed by atoms with Crippen LogP contribution in [0.25, 0.3) is 0 Å². The highest BCUT2D eigenvalue weighted by atomic mass is 16.5. The van der Waals surface area contributed by atoms with E-state index in [9.17, 15) is 0 Å². The summed E-state index contributed by atoms with van der Waals surface area (Å²) >= 11 is 0. The molecule has 0 spiro atoms. The highest BCUT2D eigenvalue weighted by Gasteiger charge is 2.23. The summed E-state index contributed by atoms with van der Waals surface area (Å²) < 4.78 is 5.64. The predicted octanol–water partition coefficient (Wildman–Crippen LogP) is 2.14. The van der Waals surface area contributed by atoms with Gasteiger partial charge in [0.15, 0.2) is 0 Å². The van der Waals surface area contributed by atoms with Crippen molar-refractivity contribution in [1.29, 1.82) is 0 Å². The Morgan fingerprint density at radius 3 is 2.88 bits per heavy atom. The fraction of sp³-hybridized carbons (Fsp3) is 0.571. The first-order chi connectivity index (χ1) is 8.19. The molecule has 0 saturated carbocycles. The lowest BCUT2D eigenvalue weighted by molar-refractivity contribution is 0.402. The normalized spacial score (nSPS) is 15.9. The van der Waals surface area contributed by atoms with Gasteiger partial charge in [-0.3, -0.25) is 0 Å². The molecule has 1 atom stereocenters. The Bertz CT molecular complexity index is 403. The third-order valence-corrected chi connectivity index (χ3v) is 3.71. The van der Waals surface area contributed by atoms with Crippen molar-refractivity contribution in [2.45, 2.75) is 25.7 Å². The van der Waals surface area contributed by atoms with Gasteiger partial charge in [-0.25, -0.2) is 0 Å². The average Bonchev–Trinajstić information content (AvgIpc) is 2.70. The van der Waals surface area contributed by atoms with E-state index in [2.05, 4.69) is 31.0 Å². The summed E-state index contributed by atoms with van der Waals surface area (Å²) in [7, 11) is 3.90. The maximum absolute atomic E-state index is 5.64. The van der Waals surface area contributed by atoms with Crippen molar-refractivity contribution in [2.24, 2.45) is 5.73 Å². The molecule has 0 saturated heterocycles. The molecular formula is C14H22N2O. The molecule has 1 aromatic carbocycles. The average molecular weight is 234 g/mol. The molecule has 3 heteroatoms. The molecule has 17 heavy (non-hydrogen) atoms. The van der Waals surface area contributed by atoms with E-state index < -0.39 is 0 Å². The quantitative estimate of drug-likeness (QED) is 0.867. The van der Waals surface area contributed by atoms with Crippen LogP contribution >= 0.6 is 0 Å². The molecule has 0 radical (unpaired) electrons. The summed E-state index contributed by atoms with van der Waals surface area (Å²) in [5, 5.41) is 0. The fourth-order valence-corrected chi connectivity index (χ4v) is 2.67. The van der Waals surface area contributed by atoms with Gasteiger partial charge >= 0.3 is 0 Å². The smallest absolute Gasteiger partial charge is 0.127 e. The van der Waals surface area contributed by atoms with Gasteiger partial charge in [0.2, 0.25) is 0 Å². The van der Waals surface area contributed by atoms with E-state index in [1.165, 1.54) is 16.8 Å². The van der Waals surface area contributed by atoms with Crippen LogP contribution in [0.4, 0.5) is 5.69 Å². The molecule has 0 amide bonds. The molecule has 1 aliphatic rings. The monoisotopic (exact) mass is 234 g/mol. The molecule has 2 N–H and O–H groups in total. The summed E-state index contributed by atoms with van der Waals surface area (Å²) in [6.45, 7) is 4.03. The lowest BCUT2D eigenvalue weighted by Gasteiger charge is -2.19. The number of likely N-dealkylation sites (N-methyl/N-ethyl adjacent to an activating group) is 1. The van der Waals surface area contributed by atoms with E-state index in [0.717, 1.165) is 31.7 Å². The SMILES string of the molecule is COc1c(C(C)CCN)ccc2c1CCN2C. The summed E-state index contributed by atoms with van der Waals surface area (Å²) in [5.74, 6) is 1.54. The Morgan fingerprint density at radius 2 is 2.24 bits per heavy atom. The Hall–Kier alpha value is -1.22. The second-order valence-electron chi connectivity index (χ2n) is 4.84. The zero-order valence-electron chi connectivity index (χ0n) is 11.0. The first-order valence-electron chi connectivity index (χ1n) is 6.30. The van der Waals surface area contributed by atoms with Gasteiger partial charge in [0.25, 0.3) is 0 Å². The van der Waals surface area contributed by atoms with Crippen LogP contribution in [0.3, 0.4) is 0 Å². The summed E-state index contributed by atoms with van der Waals surface area (Å²) in [5.41, 5.74) is 9.61. The van der Waals surface area contributed by atoms with Crippen LogP contribution in [0.2, 0.25) is 0 Å². The van der Waals surface area contributed by atoms with E-state index in [1.807, 2.05) is 0 Å². The van der Waals surface area contributed by atoms with Gasteiger partial charge in [0.05, 0.1) is 7.11 Å². The molecule has 1 heterocycles. The van der Waals surface area contributed by atoms with Crippen molar-refractivity contribution in [2.75, 3.05) is 32.1 Å². The van der Waals surface area contributed by atoms with Gasteiger partial charge in [0, 0.05) is 24.8 Å². The van der Waals surface area contributed by atoms with Crippen LogP contribution in [0, 0.1) is 0 Å². The second-order valence-corrected chi connectivity index (χ2v) is 4.84. The summed E-state index contributed by atoms with van der Waals surface area (Å²) in [4.78, 5) is 2.29. The predicted molar refractivity (Wildman–Crippen MR) is 72.1 cm³/mol. The Morgan fingerprint density at radius 1 is 1.47 bits per heavy atom. The van der Waals surface area contributed by atoms with Crippen molar-refractivity contribution >= 4 is 5.69 Å². The minimum absolute atomic E-state index is 0.464. The summed E-state index contributed by atoms with van der Waals surface area (Å²) in [6, 6.07) is 4.41. The first-order valence-corrected chi connectivity index (χ1v) is 6.30. The van der Waals surface area contributed by atoms with Crippen molar-refractivity contribution in [3.05, 3.63) is 23.3 Å². The highest BCUT2D eigenvalue weighted by molar-refractivity contribution is 5.65. The van der Waals surface area contributed by atoms with Crippen molar-refractivity contribution in [3.63, 3.8) is 0 Å². The summed E-state index contributed by atoms with van der Waals surface area (Å²) in [6.07, 6.45) is 2.09. The lowest BCUT2D eigenvalue weighted by Crippen LogP contribution is -2.12. The molecule has 0 aliphatic carbocycles. The van der Waals surface area contributed by atoms with Gasteiger partial charge in [-0.15, -0.1) is 0 Å². The number of nitrogens with zero attached hydrogens (tertiary/aromatic N) is 1. The molecule has 2 rings (SSSR count). The zero-order valence-corrected chi connectivity index (χ0v) is 11.0. The number of nitrogens with two attached hydrogens (primary N) is 1. The van der Waals surface area contributed by atoms with E-state index >= 15 is 0 Å². The number of fused-ring (bicyclic) bond motifs is 1. The fourth-order valence-electron chi connectivity index (χ4n) is 2.67. The minimum atomic E-state index is 0.464. The van der Waals surface area contributed by atoms with Crippen molar-refractivity contribution in [1.82, 2.24) is 0 Å². The largest absolute Gasteiger partial charge is 0.496 e. The molecule has 1 unspecified atom stereocenters. The van der Waals surface area contributed by atoms with Crippen LogP contribution in [0.1, 0.15) is 30.4 Å². The molecule has 0 aromatic heterocycles. The molecular weight excluding hydrogens is 212 g/mol. The van der Waals surface area contributed by atoms with E-state index in [4.69, 9.17) is 10.5 Å². The Kier molecular flexibility index (Phi) is 3.57. The Balaban J connectivity index is 2.42. The standard InChI is InChI=1S/C14H22N2O/c1-10(6-8-15)11-4-5-13-12(14(11)17-3)7-9-16(13)2/h4-5,10H,6-9,15H2,1-3H3. The number of rotatable bonds is 4. The van der Waals surface area contributed by atoms with Crippen LogP contribution < -0.4 is 15.4 Å². The topological polar surface area (TPSA) is 38.5 Å². The van der Waals surface area contributed by atoms with Crippen molar-refractivity contribution < 1.29 is 4.74 Å². The van der Waals surface area contributed by atoms with E-state index in [0.29, 0.717) is 5.92 Å². The van der Waals surface area contributed by atoms with Crippen LogP contribution in [-0.4, -0.2) is 27.2 Å². The van der Waals surface area contributed by atoms with Gasteiger partial charge in [-0.1, -0.05) is 13.0 Å². The molecule has 0 fully saturated rings. The maximum Gasteiger partial charge on any atom is 0.127 e. The third-order valence-electron chi connectivity index (χ3n) is 3.71. The van der Waals surface area contributed by atoms with Gasteiger partial charge in [0.1, 0.15) is 5.75 Å². The van der Waals surface area contributed by atoms with Crippen LogP contribution in [-0.2, 0) is 6.42 Å². The first kappa shape index (κ1) is 12.2. The van der Waals surface area contributed by atoms with Gasteiger partial charge in [-0.2, -0.15) is 0 Å². The van der Waals surface area contributed by atoms with Crippen molar-refractivity contribution in [3.8, 4) is 5.75 Å². The number of anilines is 1. The van der Waals surface area contributed by atoms with E-state index in [1.54, 1.807) is 7.11 Å². The maximum atomic E-state index is 5.64. The zero-order chi connectivity index (χ0) is 12.4. The molecule has 94 valence electrons. The van der Waals surface area contributed by atoms with E-state index in [-0.39, 0.29) is 0 Å². The minimum Gasteiger partial charge on any atom is -0.496 e. The second kappa shape index (κ2) is 4.96. The van der Waals surface area contributed by atoms with Crippen LogP contribution in [0.5, 0.6) is 5.75 Å². The molecule has 3 nitrogen and oxygen atoms in total. The molecule has 0 bridgehead atoms. The third kappa shape index (κ3) is 2.12. The highest BCUT2D eigenvalue weighted by Crippen LogP contribution is 2.40.